The van der Waals surface area contributed by atoms with Gasteiger partial charge in [0.25, 0.3) is 0 Å². The standard InChI is InChI=1S/C23H33N5O4S/c1-23(2,13-6-14-26-27-25)17-28(33(31,32)20-11-9-19(29)10-12-20)16-22(30)21(24)15-18-7-4-3-5-8-18/h3-5,7-12,21-22,29-30H,6,13-17,24H2,1-2H3/t21-,22+/m0/s1. The van der Waals surface area contributed by atoms with Crippen LogP contribution in [0.25, 0.3) is 10.4 Å². The van der Waals surface area contributed by atoms with Crippen LogP contribution in [0.5, 0.6) is 5.75 Å². The van der Waals surface area contributed by atoms with E-state index in [1.165, 1.54) is 28.6 Å². The summed E-state index contributed by atoms with van der Waals surface area (Å²) in [6.45, 7) is 4.16. The van der Waals surface area contributed by atoms with Crippen LogP contribution in [0.4, 0.5) is 0 Å². The van der Waals surface area contributed by atoms with E-state index in [9.17, 15) is 18.6 Å². The van der Waals surface area contributed by atoms with Crippen LogP contribution in [0, 0.1) is 5.41 Å². The minimum absolute atomic E-state index is 0.0222. The second-order valence-electron chi connectivity index (χ2n) is 8.93. The summed E-state index contributed by atoms with van der Waals surface area (Å²) in [6.07, 6.45) is 0.557. The van der Waals surface area contributed by atoms with Gasteiger partial charge in [0.15, 0.2) is 0 Å². The number of nitrogens with two attached hydrogens (primary N) is 1. The molecule has 180 valence electrons. The van der Waals surface area contributed by atoms with Crippen molar-refractivity contribution in [3.8, 4) is 5.75 Å². The van der Waals surface area contributed by atoms with Crippen molar-refractivity contribution in [1.82, 2.24) is 4.31 Å². The Labute approximate surface area is 195 Å². The number of sulfonamides is 1. The van der Waals surface area contributed by atoms with E-state index in [1.807, 2.05) is 44.2 Å². The molecule has 0 aliphatic carbocycles. The first-order valence-corrected chi connectivity index (χ1v) is 12.3. The van der Waals surface area contributed by atoms with E-state index < -0.39 is 27.6 Å². The molecule has 0 spiro atoms. The minimum atomic E-state index is -3.96. The van der Waals surface area contributed by atoms with Gasteiger partial charge in [-0.3, -0.25) is 0 Å². The number of phenols is 1. The molecule has 2 aromatic rings. The van der Waals surface area contributed by atoms with Gasteiger partial charge in [-0.15, -0.1) is 0 Å². The van der Waals surface area contributed by atoms with Crippen molar-refractivity contribution in [2.45, 2.75) is 50.2 Å². The number of aromatic hydroxyl groups is 1. The SMILES string of the molecule is CC(C)(CCCN=[N+]=[N-])CN(C[C@@H](O)[C@@H](N)Cc1ccccc1)S(=O)(=O)c1ccc(O)cc1. The van der Waals surface area contributed by atoms with Crippen molar-refractivity contribution >= 4 is 10.0 Å². The highest BCUT2D eigenvalue weighted by molar-refractivity contribution is 7.89. The largest absolute Gasteiger partial charge is 0.508 e. The summed E-state index contributed by atoms with van der Waals surface area (Å²) >= 11 is 0. The fourth-order valence-electron chi connectivity index (χ4n) is 3.61. The van der Waals surface area contributed by atoms with Gasteiger partial charge in [-0.2, -0.15) is 4.31 Å². The smallest absolute Gasteiger partial charge is 0.243 e. The molecule has 2 atom stereocenters. The Balaban J connectivity index is 2.23. The molecular weight excluding hydrogens is 442 g/mol. The monoisotopic (exact) mass is 475 g/mol. The number of rotatable bonds is 13. The fourth-order valence-corrected chi connectivity index (χ4v) is 5.26. The van der Waals surface area contributed by atoms with Gasteiger partial charge in [-0.1, -0.05) is 49.3 Å². The Kier molecular flexibility index (Phi) is 9.70. The van der Waals surface area contributed by atoms with E-state index in [0.29, 0.717) is 25.8 Å². The van der Waals surface area contributed by atoms with Crippen LogP contribution < -0.4 is 5.73 Å². The first kappa shape index (κ1) is 26.6. The van der Waals surface area contributed by atoms with Gasteiger partial charge in [0.05, 0.1) is 11.0 Å². The summed E-state index contributed by atoms with van der Waals surface area (Å²) in [6, 6.07) is 14.1. The number of phenolic OH excluding ortho intramolecular Hbond substituents is 1. The van der Waals surface area contributed by atoms with Crippen molar-refractivity contribution in [1.29, 1.82) is 0 Å². The number of aliphatic hydroxyl groups excluding tert-OH is 1. The molecule has 4 N–H and O–H groups in total. The zero-order chi connectivity index (χ0) is 24.5. The van der Waals surface area contributed by atoms with Crippen molar-refractivity contribution in [2.75, 3.05) is 19.6 Å². The zero-order valence-corrected chi connectivity index (χ0v) is 19.9. The second kappa shape index (κ2) is 12.0. The molecule has 0 heterocycles. The van der Waals surface area contributed by atoms with E-state index in [4.69, 9.17) is 11.3 Å². The third-order valence-corrected chi connectivity index (χ3v) is 7.28. The number of nitrogens with zero attached hydrogens (tertiary/aromatic N) is 4. The molecule has 0 aliphatic rings. The Morgan fingerprint density at radius 3 is 2.39 bits per heavy atom. The number of azide groups is 1. The lowest BCUT2D eigenvalue weighted by molar-refractivity contribution is 0.106. The third-order valence-electron chi connectivity index (χ3n) is 5.45. The van der Waals surface area contributed by atoms with Gasteiger partial charge in [0, 0.05) is 30.6 Å². The third kappa shape index (κ3) is 8.34. The molecule has 10 heteroatoms. The quantitative estimate of drug-likeness (QED) is 0.175. The maximum atomic E-state index is 13.4. The highest BCUT2D eigenvalue weighted by Crippen LogP contribution is 2.28. The highest BCUT2D eigenvalue weighted by atomic mass is 32.2. The first-order chi connectivity index (χ1) is 15.5. The molecule has 0 bridgehead atoms. The molecule has 0 aliphatic heterocycles. The van der Waals surface area contributed by atoms with Crippen LogP contribution in [0.1, 0.15) is 32.3 Å². The summed E-state index contributed by atoms with van der Waals surface area (Å²) in [4.78, 5) is 2.77. The minimum Gasteiger partial charge on any atom is -0.508 e. The molecule has 9 nitrogen and oxygen atoms in total. The number of benzene rings is 2. The van der Waals surface area contributed by atoms with Crippen molar-refractivity contribution in [2.24, 2.45) is 16.3 Å². The predicted molar refractivity (Wildman–Crippen MR) is 128 cm³/mol. The van der Waals surface area contributed by atoms with Crippen LogP contribution in [-0.2, 0) is 16.4 Å². The molecule has 0 amide bonds. The lowest BCUT2D eigenvalue weighted by Crippen LogP contribution is -2.48. The van der Waals surface area contributed by atoms with Gasteiger partial charge in [-0.05, 0) is 60.0 Å². The van der Waals surface area contributed by atoms with Crippen LogP contribution in [0.15, 0.2) is 64.6 Å². The van der Waals surface area contributed by atoms with Crippen molar-refractivity contribution in [3.05, 3.63) is 70.6 Å². The van der Waals surface area contributed by atoms with Crippen molar-refractivity contribution in [3.63, 3.8) is 0 Å². The summed E-state index contributed by atoms with van der Waals surface area (Å²) < 4.78 is 28.1. The van der Waals surface area contributed by atoms with Gasteiger partial charge >= 0.3 is 0 Å². The van der Waals surface area contributed by atoms with Gasteiger partial charge < -0.3 is 15.9 Å². The molecular formula is C23H33N5O4S. The van der Waals surface area contributed by atoms with E-state index in [0.717, 1.165) is 5.56 Å². The molecule has 0 saturated heterocycles. The Morgan fingerprint density at radius 1 is 1.15 bits per heavy atom. The van der Waals surface area contributed by atoms with E-state index >= 15 is 0 Å². The second-order valence-corrected chi connectivity index (χ2v) is 10.9. The average Bonchev–Trinajstić information content (AvgIpc) is 2.77. The maximum absolute atomic E-state index is 13.4. The summed E-state index contributed by atoms with van der Waals surface area (Å²) in [5.74, 6) is -0.0382. The predicted octanol–water partition coefficient (Wildman–Crippen LogP) is 3.43. The number of hydrogen-bond acceptors (Lipinski definition) is 6. The number of hydrogen-bond donors (Lipinski definition) is 3. The van der Waals surface area contributed by atoms with E-state index in [1.54, 1.807) is 0 Å². The normalized spacial score (nSPS) is 14.0. The lowest BCUT2D eigenvalue weighted by Gasteiger charge is -2.34. The lowest BCUT2D eigenvalue weighted by atomic mass is 9.87. The van der Waals surface area contributed by atoms with Gasteiger partial charge in [0.2, 0.25) is 10.0 Å². The topological polar surface area (TPSA) is 153 Å². The van der Waals surface area contributed by atoms with Crippen LogP contribution in [0.2, 0.25) is 0 Å². The van der Waals surface area contributed by atoms with E-state index in [-0.39, 0.29) is 23.7 Å². The summed E-state index contributed by atoms with van der Waals surface area (Å²) in [5.41, 5.74) is 15.2. The highest BCUT2D eigenvalue weighted by Gasteiger charge is 2.33. The molecule has 0 radical (unpaired) electrons. The van der Waals surface area contributed by atoms with Crippen LogP contribution in [0.3, 0.4) is 0 Å². The Hall–Kier alpha value is -2.62. The zero-order valence-electron chi connectivity index (χ0n) is 19.1. The van der Waals surface area contributed by atoms with Gasteiger partial charge in [0.1, 0.15) is 5.75 Å². The van der Waals surface area contributed by atoms with Crippen LogP contribution >= 0.6 is 0 Å². The molecule has 0 unspecified atom stereocenters. The summed E-state index contributed by atoms with van der Waals surface area (Å²) in [5, 5.41) is 23.9. The number of aliphatic hydroxyl groups is 1. The summed E-state index contributed by atoms with van der Waals surface area (Å²) in [7, 11) is -3.96. The van der Waals surface area contributed by atoms with Gasteiger partial charge in [-0.25, -0.2) is 8.42 Å². The molecule has 2 rings (SSSR count). The molecule has 0 aromatic heterocycles. The molecule has 0 fully saturated rings. The Bertz CT molecular complexity index is 1020. The molecule has 0 saturated carbocycles. The van der Waals surface area contributed by atoms with E-state index in [2.05, 4.69) is 10.0 Å². The molecule has 33 heavy (non-hydrogen) atoms. The maximum Gasteiger partial charge on any atom is 0.243 e. The first-order valence-electron chi connectivity index (χ1n) is 10.8. The van der Waals surface area contributed by atoms with Crippen LogP contribution in [-0.4, -0.2) is 54.7 Å². The molecule has 2 aromatic carbocycles. The average molecular weight is 476 g/mol. The van der Waals surface area contributed by atoms with Crippen molar-refractivity contribution < 1.29 is 18.6 Å². The Morgan fingerprint density at radius 2 is 1.79 bits per heavy atom. The fraction of sp³-hybridized carbons (Fsp3) is 0.478.